The van der Waals surface area contributed by atoms with E-state index >= 15 is 0 Å². The fraction of sp³-hybridized carbons (Fsp3) is 0.667. The molecule has 0 fully saturated rings. The van der Waals surface area contributed by atoms with Crippen molar-refractivity contribution in [2.24, 2.45) is 0 Å². The van der Waals surface area contributed by atoms with Crippen LogP contribution in [-0.4, -0.2) is 30.1 Å². The minimum absolute atomic E-state index is 0.198. The summed E-state index contributed by atoms with van der Waals surface area (Å²) in [6.07, 6.45) is -4.37. The minimum atomic E-state index is -4.33. The quantitative estimate of drug-likeness (QED) is 0.661. The third kappa shape index (κ3) is 4.31. The number of carbonyl (C=O) groups is 1. The normalized spacial score (nSPS) is 17.6. The van der Waals surface area contributed by atoms with Crippen molar-refractivity contribution in [1.82, 2.24) is 4.90 Å². The lowest BCUT2D eigenvalue weighted by Gasteiger charge is -2.24. The number of hydrogen-bond acceptors (Lipinski definition) is 1. The van der Waals surface area contributed by atoms with E-state index in [9.17, 15) is 22.4 Å². The highest BCUT2D eigenvalue weighted by molar-refractivity contribution is 5.76. The molecule has 0 spiro atoms. The Balaban J connectivity index is 2.38. The van der Waals surface area contributed by atoms with Crippen molar-refractivity contribution in [1.29, 1.82) is 0 Å². The smallest absolute Gasteiger partial charge is 0.336 e. The standard InChI is InChI=1S/C9H11F4NO/c10-7-2-1-5-14(6-7)8(15)3-4-9(11,12)13/h2H,1,3-6H2. The van der Waals surface area contributed by atoms with E-state index in [2.05, 4.69) is 0 Å². The second-order valence-electron chi connectivity index (χ2n) is 3.37. The summed E-state index contributed by atoms with van der Waals surface area (Å²) in [6, 6.07) is 0. The van der Waals surface area contributed by atoms with Gasteiger partial charge in [0, 0.05) is 13.0 Å². The summed E-state index contributed by atoms with van der Waals surface area (Å²) in [5.41, 5.74) is 0. The molecule has 0 bridgehead atoms. The van der Waals surface area contributed by atoms with Crippen LogP contribution in [-0.2, 0) is 4.79 Å². The Hall–Kier alpha value is -1.07. The van der Waals surface area contributed by atoms with Gasteiger partial charge >= 0.3 is 6.18 Å². The van der Waals surface area contributed by atoms with Crippen LogP contribution in [0.4, 0.5) is 17.6 Å². The van der Waals surface area contributed by atoms with Crippen LogP contribution >= 0.6 is 0 Å². The Kier molecular flexibility index (Phi) is 3.71. The predicted molar refractivity (Wildman–Crippen MR) is 45.7 cm³/mol. The summed E-state index contributed by atoms with van der Waals surface area (Å²) in [7, 11) is 0. The zero-order chi connectivity index (χ0) is 11.5. The van der Waals surface area contributed by atoms with Crippen LogP contribution in [0, 0.1) is 0 Å². The molecule has 0 saturated heterocycles. The largest absolute Gasteiger partial charge is 0.389 e. The van der Waals surface area contributed by atoms with Crippen molar-refractivity contribution in [3.8, 4) is 0 Å². The summed E-state index contributed by atoms with van der Waals surface area (Å²) in [5.74, 6) is -1.10. The first-order chi connectivity index (χ1) is 6.88. The number of hydrogen-bond donors (Lipinski definition) is 0. The molecule has 15 heavy (non-hydrogen) atoms. The van der Waals surface area contributed by atoms with Crippen molar-refractivity contribution < 1.29 is 22.4 Å². The molecule has 0 N–H and O–H groups in total. The summed E-state index contributed by atoms with van der Waals surface area (Å²) in [6.45, 7) is 0.0980. The first kappa shape index (κ1) is 12.0. The van der Waals surface area contributed by atoms with Crippen molar-refractivity contribution in [2.75, 3.05) is 13.1 Å². The average molecular weight is 225 g/mol. The van der Waals surface area contributed by atoms with Crippen LogP contribution < -0.4 is 0 Å². The molecule has 2 nitrogen and oxygen atoms in total. The van der Waals surface area contributed by atoms with Crippen LogP contribution in [0.3, 0.4) is 0 Å². The molecule has 0 unspecified atom stereocenters. The maximum absolute atomic E-state index is 12.7. The molecule has 0 atom stereocenters. The number of nitrogens with zero attached hydrogens (tertiary/aromatic N) is 1. The molecular weight excluding hydrogens is 214 g/mol. The molecule has 0 aromatic heterocycles. The third-order valence-corrected chi connectivity index (χ3v) is 2.08. The van der Waals surface area contributed by atoms with Crippen molar-refractivity contribution in [3.05, 3.63) is 11.9 Å². The van der Waals surface area contributed by atoms with Gasteiger partial charge in [0.1, 0.15) is 5.83 Å². The number of amides is 1. The van der Waals surface area contributed by atoms with Crippen molar-refractivity contribution >= 4 is 5.91 Å². The van der Waals surface area contributed by atoms with E-state index in [-0.39, 0.29) is 6.54 Å². The van der Waals surface area contributed by atoms with Crippen LogP contribution in [0.15, 0.2) is 11.9 Å². The van der Waals surface area contributed by atoms with Gasteiger partial charge in [-0.15, -0.1) is 0 Å². The predicted octanol–water partition coefficient (Wildman–Crippen LogP) is 2.41. The van der Waals surface area contributed by atoms with Crippen LogP contribution in [0.5, 0.6) is 0 Å². The van der Waals surface area contributed by atoms with Gasteiger partial charge in [0.15, 0.2) is 0 Å². The Morgan fingerprint density at radius 2 is 2.13 bits per heavy atom. The van der Waals surface area contributed by atoms with Gasteiger partial charge in [0.2, 0.25) is 5.91 Å². The first-order valence-corrected chi connectivity index (χ1v) is 4.57. The zero-order valence-electron chi connectivity index (χ0n) is 7.98. The highest BCUT2D eigenvalue weighted by atomic mass is 19.4. The van der Waals surface area contributed by atoms with Crippen LogP contribution in [0.1, 0.15) is 19.3 Å². The highest BCUT2D eigenvalue weighted by Crippen LogP contribution is 2.22. The van der Waals surface area contributed by atoms with Gasteiger partial charge in [-0.2, -0.15) is 13.2 Å². The summed E-state index contributed by atoms with van der Waals surface area (Å²) in [5, 5.41) is 0. The maximum Gasteiger partial charge on any atom is 0.389 e. The lowest BCUT2D eigenvalue weighted by molar-refractivity contribution is -0.149. The lowest BCUT2D eigenvalue weighted by Crippen LogP contribution is -2.35. The van der Waals surface area contributed by atoms with Gasteiger partial charge < -0.3 is 4.90 Å². The third-order valence-electron chi connectivity index (χ3n) is 2.08. The van der Waals surface area contributed by atoms with Gasteiger partial charge in [-0.3, -0.25) is 4.79 Å². The molecule has 6 heteroatoms. The maximum atomic E-state index is 12.7. The second-order valence-corrected chi connectivity index (χ2v) is 3.37. The van der Waals surface area contributed by atoms with E-state index in [4.69, 9.17) is 0 Å². The Bertz CT molecular complexity index is 272. The van der Waals surface area contributed by atoms with Gasteiger partial charge in [-0.05, 0) is 12.5 Å². The zero-order valence-corrected chi connectivity index (χ0v) is 7.98. The summed E-state index contributed by atoms with van der Waals surface area (Å²) < 4.78 is 48.1. The second kappa shape index (κ2) is 4.63. The number of halogens is 4. The van der Waals surface area contributed by atoms with E-state index in [1.54, 1.807) is 0 Å². The Morgan fingerprint density at radius 1 is 1.47 bits per heavy atom. The Labute approximate surface area is 84.5 Å². The fourth-order valence-electron chi connectivity index (χ4n) is 1.32. The van der Waals surface area contributed by atoms with E-state index in [0.717, 1.165) is 4.90 Å². The molecule has 0 saturated carbocycles. The molecule has 0 aromatic rings. The van der Waals surface area contributed by atoms with Crippen molar-refractivity contribution in [3.63, 3.8) is 0 Å². The monoisotopic (exact) mass is 225 g/mol. The molecule has 1 aliphatic heterocycles. The van der Waals surface area contributed by atoms with Gasteiger partial charge in [0.25, 0.3) is 0 Å². The summed E-state index contributed by atoms with van der Waals surface area (Å²) in [4.78, 5) is 12.3. The molecule has 86 valence electrons. The molecule has 0 radical (unpaired) electrons. The molecule has 0 aliphatic carbocycles. The molecule has 1 aliphatic rings. The topological polar surface area (TPSA) is 20.3 Å². The van der Waals surface area contributed by atoms with Crippen molar-refractivity contribution in [2.45, 2.75) is 25.4 Å². The molecule has 0 aromatic carbocycles. The number of carbonyl (C=O) groups excluding carboxylic acids is 1. The highest BCUT2D eigenvalue weighted by Gasteiger charge is 2.29. The van der Waals surface area contributed by atoms with Gasteiger partial charge in [0.05, 0.1) is 13.0 Å². The molecule has 1 rings (SSSR count). The average Bonchev–Trinajstić information content (AvgIpc) is 2.13. The summed E-state index contributed by atoms with van der Waals surface area (Å²) >= 11 is 0. The van der Waals surface area contributed by atoms with E-state index in [0.29, 0.717) is 13.0 Å². The van der Waals surface area contributed by atoms with Gasteiger partial charge in [-0.1, -0.05) is 0 Å². The van der Waals surface area contributed by atoms with Crippen LogP contribution in [0.25, 0.3) is 0 Å². The number of rotatable bonds is 2. The molecule has 1 amide bonds. The van der Waals surface area contributed by atoms with E-state index in [1.807, 2.05) is 0 Å². The SMILES string of the molecule is O=C(CCC(F)(F)F)N1CCC=C(F)C1. The van der Waals surface area contributed by atoms with Crippen LogP contribution in [0.2, 0.25) is 0 Å². The molecule has 1 heterocycles. The van der Waals surface area contributed by atoms with E-state index < -0.39 is 30.8 Å². The first-order valence-electron chi connectivity index (χ1n) is 4.57. The number of alkyl halides is 3. The van der Waals surface area contributed by atoms with Gasteiger partial charge in [-0.25, -0.2) is 4.39 Å². The Morgan fingerprint density at radius 3 is 2.67 bits per heavy atom. The fourth-order valence-corrected chi connectivity index (χ4v) is 1.32. The molecular formula is C9H11F4NO. The lowest BCUT2D eigenvalue weighted by atomic mass is 10.2. The van der Waals surface area contributed by atoms with E-state index in [1.165, 1.54) is 6.08 Å². The minimum Gasteiger partial charge on any atom is -0.336 e.